The largest absolute Gasteiger partial charge is 0.462 e. The van der Waals surface area contributed by atoms with E-state index in [-0.39, 0.29) is 31.6 Å². The number of ether oxygens (including phenoxy) is 3. The first kappa shape index (κ1) is 60.3. The Balaban J connectivity index is 4.53. The van der Waals surface area contributed by atoms with E-state index in [0.29, 0.717) is 19.3 Å². The quantitative estimate of drug-likeness (QED) is 0.0262. The van der Waals surface area contributed by atoms with Gasteiger partial charge in [-0.1, -0.05) is 221 Å². The summed E-state index contributed by atoms with van der Waals surface area (Å²) in [6.45, 7) is 6.41. The molecule has 0 aromatic rings. The van der Waals surface area contributed by atoms with Gasteiger partial charge in [0.2, 0.25) is 0 Å². The molecule has 64 heavy (non-hydrogen) atoms. The average Bonchev–Trinajstić information content (AvgIpc) is 3.29. The lowest BCUT2D eigenvalue weighted by Gasteiger charge is -2.18. The highest BCUT2D eigenvalue weighted by Gasteiger charge is 2.19. The first-order valence-corrected chi connectivity index (χ1v) is 26.2. The van der Waals surface area contributed by atoms with Crippen LogP contribution in [0.4, 0.5) is 0 Å². The van der Waals surface area contributed by atoms with Gasteiger partial charge in [-0.25, -0.2) is 0 Å². The molecule has 6 nitrogen and oxygen atoms in total. The lowest BCUT2D eigenvalue weighted by Crippen LogP contribution is -2.30. The molecule has 0 aliphatic rings. The number of esters is 3. The molecule has 0 unspecified atom stereocenters. The van der Waals surface area contributed by atoms with Crippen LogP contribution < -0.4 is 0 Å². The fourth-order valence-electron chi connectivity index (χ4n) is 6.91. The Labute approximate surface area is 394 Å². The van der Waals surface area contributed by atoms with Crippen LogP contribution in [-0.2, 0) is 28.6 Å². The number of hydrogen-bond donors (Lipinski definition) is 0. The Morgan fingerprint density at radius 1 is 0.328 bits per heavy atom. The number of carbonyl (C=O) groups excluding carboxylic acids is 3. The highest BCUT2D eigenvalue weighted by molar-refractivity contribution is 5.71. The van der Waals surface area contributed by atoms with Crippen molar-refractivity contribution in [3.05, 3.63) is 97.2 Å². The fourth-order valence-corrected chi connectivity index (χ4v) is 6.91. The lowest BCUT2D eigenvalue weighted by molar-refractivity contribution is -0.166. The molecule has 0 aromatic heterocycles. The van der Waals surface area contributed by atoms with Gasteiger partial charge in [0.1, 0.15) is 13.2 Å². The monoisotopic (exact) mass is 889 g/mol. The molecule has 0 heterocycles. The average molecular weight is 889 g/mol. The summed E-state index contributed by atoms with van der Waals surface area (Å²) in [7, 11) is 0. The van der Waals surface area contributed by atoms with Crippen molar-refractivity contribution >= 4 is 17.9 Å². The second-order valence-corrected chi connectivity index (χ2v) is 17.1. The maximum Gasteiger partial charge on any atom is 0.306 e. The van der Waals surface area contributed by atoms with Gasteiger partial charge in [-0.3, -0.25) is 14.4 Å². The summed E-state index contributed by atoms with van der Waals surface area (Å²) < 4.78 is 16.7. The van der Waals surface area contributed by atoms with Crippen LogP contribution in [0.1, 0.15) is 233 Å². The predicted molar refractivity (Wildman–Crippen MR) is 274 cm³/mol. The van der Waals surface area contributed by atoms with Crippen LogP contribution in [0.25, 0.3) is 0 Å². The molecule has 0 bridgehead atoms. The smallest absolute Gasteiger partial charge is 0.306 e. The summed E-state index contributed by atoms with van der Waals surface area (Å²) in [5.74, 6) is -1.01. The summed E-state index contributed by atoms with van der Waals surface area (Å²) >= 11 is 0. The van der Waals surface area contributed by atoms with E-state index in [1.165, 1.54) is 83.5 Å². The maximum atomic E-state index is 12.8. The lowest BCUT2D eigenvalue weighted by atomic mass is 10.0. The molecular formula is C58H96O6. The van der Waals surface area contributed by atoms with Gasteiger partial charge < -0.3 is 14.2 Å². The van der Waals surface area contributed by atoms with E-state index in [0.717, 1.165) is 103 Å². The SMILES string of the molecule is CC/C=C\C/C=C\C/C=C\C/C=C\C/C=C\C/C=C\CCC(=O)O[C@H](COC(=O)CCCCCCC/C=C\C/C=C\CCCCC)COC(=O)CCCCCCCCCCCCCC. The van der Waals surface area contributed by atoms with E-state index in [4.69, 9.17) is 14.2 Å². The third-order valence-electron chi connectivity index (χ3n) is 10.8. The van der Waals surface area contributed by atoms with Crippen molar-refractivity contribution in [3.8, 4) is 0 Å². The molecule has 0 aliphatic heterocycles. The van der Waals surface area contributed by atoms with Crippen LogP contribution in [0.15, 0.2) is 97.2 Å². The molecule has 0 fully saturated rings. The minimum Gasteiger partial charge on any atom is -0.462 e. The summed E-state index contributed by atoms with van der Waals surface area (Å²) in [5.41, 5.74) is 0. The summed E-state index contributed by atoms with van der Waals surface area (Å²) in [6.07, 6.45) is 68.3. The summed E-state index contributed by atoms with van der Waals surface area (Å²) in [4.78, 5) is 38.0. The van der Waals surface area contributed by atoms with Crippen molar-refractivity contribution in [2.24, 2.45) is 0 Å². The fraction of sp³-hybridized carbons (Fsp3) is 0.672. The molecule has 1 atom stereocenters. The van der Waals surface area contributed by atoms with Gasteiger partial charge in [0, 0.05) is 19.3 Å². The van der Waals surface area contributed by atoms with Gasteiger partial charge in [-0.2, -0.15) is 0 Å². The molecule has 0 aromatic carbocycles. The van der Waals surface area contributed by atoms with Gasteiger partial charge >= 0.3 is 17.9 Å². The van der Waals surface area contributed by atoms with Gasteiger partial charge in [-0.05, 0) is 89.9 Å². The molecule has 0 N–H and O–H groups in total. The van der Waals surface area contributed by atoms with E-state index in [9.17, 15) is 14.4 Å². The van der Waals surface area contributed by atoms with E-state index >= 15 is 0 Å². The number of unbranched alkanes of at least 4 members (excludes halogenated alkanes) is 19. The van der Waals surface area contributed by atoms with Gasteiger partial charge in [0.05, 0.1) is 0 Å². The summed E-state index contributed by atoms with van der Waals surface area (Å²) in [6, 6.07) is 0. The Kier molecular flexibility index (Phi) is 49.0. The van der Waals surface area contributed by atoms with Crippen molar-refractivity contribution in [1.29, 1.82) is 0 Å². The van der Waals surface area contributed by atoms with Gasteiger partial charge in [0.15, 0.2) is 6.10 Å². The number of allylic oxidation sites excluding steroid dienone is 16. The molecule has 364 valence electrons. The molecule has 0 saturated carbocycles. The molecule has 6 heteroatoms. The van der Waals surface area contributed by atoms with Crippen molar-refractivity contribution in [1.82, 2.24) is 0 Å². The van der Waals surface area contributed by atoms with Crippen molar-refractivity contribution < 1.29 is 28.6 Å². The predicted octanol–water partition coefficient (Wildman–Crippen LogP) is 17.4. The Bertz CT molecular complexity index is 1300. The van der Waals surface area contributed by atoms with Crippen molar-refractivity contribution in [3.63, 3.8) is 0 Å². The number of carbonyl (C=O) groups is 3. The zero-order valence-electron chi connectivity index (χ0n) is 41.5. The molecule has 0 radical (unpaired) electrons. The van der Waals surface area contributed by atoms with Crippen LogP contribution in [0.3, 0.4) is 0 Å². The van der Waals surface area contributed by atoms with Crippen LogP contribution in [0, 0.1) is 0 Å². The van der Waals surface area contributed by atoms with Crippen LogP contribution >= 0.6 is 0 Å². The standard InChI is InChI=1S/C58H96O6/c1-4-7-10-13-16-19-22-25-27-28-29-30-32-34-37-40-43-46-49-52-58(61)64-55(53-62-56(59)50-47-44-41-38-35-24-21-18-15-12-9-6-3)54-63-57(60)51-48-45-42-39-36-33-31-26-23-20-17-14-11-8-5-2/h7,10,16-17,19-20,25-27,29-31,34,37,43,46,55H,4-6,8-9,11-15,18,21-24,28,32-33,35-36,38-42,44-45,47-54H2,1-3H3/b10-7-,19-16-,20-17-,27-25-,30-29-,31-26-,37-34-,46-43-/t55-/m0/s1. The van der Waals surface area contributed by atoms with Crippen LogP contribution in [-0.4, -0.2) is 37.2 Å². The highest BCUT2D eigenvalue weighted by Crippen LogP contribution is 2.14. The van der Waals surface area contributed by atoms with Crippen molar-refractivity contribution in [2.45, 2.75) is 239 Å². The molecule has 0 aliphatic carbocycles. The third kappa shape index (κ3) is 49.3. The number of rotatable bonds is 46. The molecular weight excluding hydrogens is 793 g/mol. The zero-order chi connectivity index (χ0) is 46.5. The molecule has 0 amide bonds. The normalized spacial score (nSPS) is 12.9. The summed E-state index contributed by atoms with van der Waals surface area (Å²) in [5, 5.41) is 0. The van der Waals surface area contributed by atoms with Gasteiger partial charge in [0.25, 0.3) is 0 Å². The Morgan fingerprint density at radius 3 is 1.05 bits per heavy atom. The minimum atomic E-state index is -0.822. The second-order valence-electron chi connectivity index (χ2n) is 17.1. The van der Waals surface area contributed by atoms with E-state index in [2.05, 4.69) is 106 Å². The topological polar surface area (TPSA) is 78.9 Å². The van der Waals surface area contributed by atoms with E-state index < -0.39 is 12.1 Å². The van der Waals surface area contributed by atoms with Gasteiger partial charge in [-0.15, -0.1) is 0 Å². The second kappa shape index (κ2) is 52.0. The molecule has 0 spiro atoms. The third-order valence-corrected chi connectivity index (χ3v) is 10.8. The van der Waals surface area contributed by atoms with E-state index in [1.807, 2.05) is 12.2 Å². The Morgan fingerprint density at radius 2 is 0.641 bits per heavy atom. The Hall–Kier alpha value is -3.67. The van der Waals surface area contributed by atoms with E-state index in [1.54, 1.807) is 0 Å². The zero-order valence-corrected chi connectivity index (χ0v) is 41.5. The minimum absolute atomic E-state index is 0.111. The molecule has 0 saturated heterocycles. The van der Waals surface area contributed by atoms with Crippen LogP contribution in [0.2, 0.25) is 0 Å². The van der Waals surface area contributed by atoms with Crippen molar-refractivity contribution in [2.75, 3.05) is 13.2 Å². The first-order valence-electron chi connectivity index (χ1n) is 26.2. The number of hydrogen-bond acceptors (Lipinski definition) is 6. The highest BCUT2D eigenvalue weighted by atomic mass is 16.6. The molecule has 0 rings (SSSR count). The maximum absolute atomic E-state index is 12.8. The first-order chi connectivity index (χ1) is 31.5. The van der Waals surface area contributed by atoms with Crippen LogP contribution in [0.5, 0.6) is 0 Å².